The molecule has 1 aliphatic heterocycles. The first-order valence-corrected chi connectivity index (χ1v) is 9.12. The molecule has 0 fully saturated rings. The Balaban J connectivity index is 1.79. The zero-order valence-electron chi connectivity index (χ0n) is 15.4. The Hall–Kier alpha value is -2.95. The Kier molecular flexibility index (Phi) is 4.07. The fourth-order valence-corrected chi connectivity index (χ4v) is 3.71. The summed E-state index contributed by atoms with van der Waals surface area (Å²) in [5, 5.41) is 19.0. The van der Waals surface area contributed by atoms with Gasteiger partial charge < -0.3 is 15.3 Å². The largest absolute Gasteiger partial charge is 0.507 e. The monoisotopic (exact) mass is 348 g/mol. The molecule has 0 aliphatic carbocycles. The van der Waals surface area contributed by atoms with E-state index in [1.54, 1.807) is 0 Å². The second-order valence-corrected chi connectivity index (χ2v) is 6.62. The van der Waals surface area contributed by atoms with Gasteiger partial charge in [-0.05, 0) is 45.0 Å². The van der Waals surface area contributed by atoms with Crippen LogP contribution in [0.3, 0.4) is 0 Å². The predicted molar refractivity (Wildman–Crippen MR) is 106 cm³/mol. The van der Waals surface area contributed by atoms with Crippen molar-refractivity contribution >= 4 is 11.4 Å². The van der Waals surface area contributed by atoms with Gasteiger partial charge in [0.15, 0.2) is 6.17 Å². The van der Waals surface area contributed by atoms with E-state index in [1.165, 1.54) is 0 Å². The van der Waals surface area contributed by atoms with Crippen LogP contribution in [0.2, 0.25) is 0 Å². The fraction of sp³-hybridized carbons (Fsp3) is 0.286. The van der Waals surface area contributed by atoms with Gasteiger partial charge in [-0.2, -0.15) is 5.10 Å². The van der Waals surface area contributed by atoms with Gasteiger partial charge in [-0.15, -0.1) is 0 Å². The lowest BCUT2D eigenvalue weighted by molar-refractivity contribution is 0.452. The van der Waals surface area contributed by atoms with Crippen LogP contribution < -0.4 is 10.2 Å². The van der Waals surface area contributed by atoms with Gasteiger partial charge in [0.25, 0.3) is 0 Å². The summed E-state index contributed by atoms with van der Waals surface area (Å²) in [5.74, 6) is 0.283. The number of phenols is 1. The van der Waals surface area contributed by atoms with Gasteiger partial charge in [-0.3, -0.25) is 0 Å². The third-order valence-electron chi connectivity index (χ3n) is 5.03. The molecular formula is C21H24N4O. The third kappa shape index (κ3) is 2.60. The molecule has 0 radical (unpaired) electrons. The molecule has 2 heterocycles. The lowest BCUT2D eigenvalue weighted by Crippen LogP contribution is -2.26. The van der Waals surface area contributed by atoms with Crippen LogP contribution in [0.4, 0.5) is 11.4 Å². The Morgan fingerprint density at radius 3 is 2.62 bits per heavy atom. The SMILES string of the molecule is CCN(CC)c1ccc([C@@H]2Nc3ccccc3-c3cc(C)nn32)c(O)c1. The van der Waals surface area contributed by atoms with Crippen molar-refractivity contribution in [2.45, 2.75) is 26.9 Å². The van der Waals surface area contributed by atoms with E-state index >= 15 is 0 Å². The van der Waals surface area contributed by atoms with Crippen LogP contribution in [-0.2, 0) is 0 Å². The molecule has 2 N–H and O–H groups in total. The van der Waals surface area contributed by atoms with Gasteiger partial charge in [0.2, 0.25) is 0 Å². The minimum absolute atomic E-state index is 0.237. The van der Waals surface area contributed by atoms with E-state index in [4.69, 9.17) is 0 Å². The van der Waals surface area contributed by atoms with Crippen molar-refractivity contribution in [1.82, 2.24) is 9.78 Å². The average Bonchev–Trinajstić information content (AvgIpc) is 3.04. The normalized spacial score (nSPS) is 15.1. The van der Waals surface area contributed by atoms with E-state index in [1.807, 2.05) is 35.9 Å². The van der Waals surface area contributed by atoms with Crippen molar-refractivity contribution in [1.29, 1.82) is 0 Å². The number of rotatable bonds is 4. The van der Waals surface area contributed by atoms with Crippen molar-refractivity contribution in [3.8, 4) is 17.0 Å². The van der Waals surface area contributed by atoms with E-state index in [2.05, 4.69) is 53.4 Å². The second-order valence-electron chi connectivity index (χ2n) is 6.62. The lowest BCUT2D eigenvalue weighted by Gasteiger charge is -2.30. The summed E-state index contributed by atoms with van der Waals surface area (Å²) in [6.45, 7) is 8.05. The summed E-state index contributed by atoms with van der Waals surface area (Å²) in [5.41, 5.74) is 6.06. The Bertz CT molecular complexity index is 943. The Morgan fingerprint density at radius 2 is 1.88 bits per heavy atom. The molecular weight excluding hydrogens is 324 g/mol. The molecule has 4 rings (SSSR count). The summed E-state index contributed by atoms with van der Waals surface area (Å²) in [4.78, 5) is 2.22. The first kappa shape index (κ1) is 16.5. The molecule has 5 nitrogen and oxygen atoms in total. The van der Waals surface area contributed by atoms with E-state index in [-0.39, 0.29) is 11.9 Å². The lowest BCUT2D eigenvalue weighted by atomic mass is 10.0. The first-order chi connectivity index (χ1) is 12.6. The highest BCUT2D eigenvalue weighted by Gasteiger charge is 2.28. The van der Waals surface area contributed by atoms with Crippen LogP contribution in [0.5, 0.6) is 5.75 Å². The number of phenolic OH excluding ortho intramolecular Hbond substituents is 1. The quantitative estimate of drug-likeness (QED) is 0.734. The van der Waals surface area contributed by atoms with Crippen molar-refractivity contribution in [2.24, 2.45) is 0 Å². The van der Waals surface area contributed by atoms with Gasteiger partial charge >= 0.3 is 0 Å². The molecule has 2 aromatic carbocycles. The van der Waals surface area contributed by atoms with Gasteiger partial charge in [-0.1, -0.05) is 18.2 Å². The fourth-order valence-electron chi connectivity index (χ4n) is 3.71. The van der Waals surface area contributed by atoms with Crippen LogP contribution >= 0.6 is 0 Å². The van der Waals surface area contributed by atoms with E-state index in [0.29, 0.717) is 0 Å². The summed E-state index contributed by atoms with van der Waals surface area (Å²) in [7, 11) is 0. The number of aryl methyl sites for hydroxylation is 1. The molecule has 1 atom stereocenters. The minimum atomic E-state index is -0.237. The summed E-state index contributed by atoms with van der Waals surface area (Å²) in [6.07, 6.45) is -0.237. The van der Waals surface area contributed by atoms with Crippen molar-refractivity contribution in [2.75, 3.05) is 23.3 Å². The maximum atomic E-state index is 10.8. The molecule has 134 valence electrons. The molecule has 26 heavy (non-hydrogen) atoms. The number of aromatic hydroxyl groups is 1. The highest BCUT2D eigenvalue weighted by molar-refractivity contribution is 5.79. The third-order valence-corrected chi connectivity index (χ3v) is 5.03. The number of benzene rings is 2. The van der Waals surface area contributed by atoms with Crippen LogP contribution in [0.15, 0.2) is 48.5 Å². The molecule has 0 saturated heterocycles. The maximum absolute atomic E-state index is 10.8. The molecule has 0 amide bonds. The molecule has 0 unspecified atom stereocenters. The van der Waals surface area contributed by atoms with Crippen molar-refractivity contribution < 1.29 is 5.11 Å². The molecule has 1 aromatic heterocycles. The second kappa shape index (κ2) is 6.41. The first-order valence-electron chi connectivity index (χ1n) is 9.12. The van der Waals surface area contributed by atoms with Crippen LogP contribution in [0.1, 0.15) is 31.3 Å². The average molecular weight is 348 g/mol. The van der Waals surface area contributed by atoms with Crippen molar-refractivity contribution in [3.05, 3.63) is 59.8 Å². The Labute approximate surface area is 153 Å². The molecule has 0 spiro atoms. The Morgan fingerprint density at radius 1 is 1.12 bits per heavy atom. The molecule has 3 aromatic rings. The van der Waals surface area contributed by atoms with Gasteiger partial charge in [0.05, 0.1) is 11.4 Å². The highest BCUT2D eigenvalue weighted by Crippen LogP contribution is 2.41. The van der Waals surface area contributed by atoms with Crippen LogP contribution in [0.25, 0.3) is 11.3 Å². The number of aromatic nitrogens is 2. The molecule has 0 bridgehead atoms. The predicted octanol–water partition coefficient (Wildman–Crippen LogP) is 4.38. The number of anilines is 2. The summed E-state index contributed by atoms with van der Waals surface area (Å²) < 4.78 is 1.96. The molecule has 1 aliphatic rings. The highest BCUT2D eigenvalue weighted by atomic mass is 16.3. The number of hydrogen-bond donors (Lipinski definition) is 2. The number of fused-ring (bicyclic) bond motifs is 3. The minimum Gasteiger partial charge on any atom is -0.507 e. The van der Waals surface area contributed by atoms with Gasteiger partial charge in [0, 0.05) is 41.7 Å². The summed E-state index contributed by atoms with van der Waals surface area (Å²) in [6, 6.07) is 16.2. The smallest absolute Gasteiger partial charge is 0.150 e. The van der Waals surface area contributed by atoms with Crippen LogP contribution in [0, 0.1) is 6.92 Å². The van der Waals surface area contributed by atoms with Gasteiger partial charge in [0.1, 0.15) is 5.75 Å². The maximum Gasteiger partial charge on any atom is 0.150 e. The zero-order valence-corrected chi connectivity index (χ0v) is 15.4. The molecule has 0 saturated carbocycles. The van der Waals surface area contributed by atoms with Gasteiger partial charge in [-0.25, -0.2) is 4.68 Å². The number of nitrogens with one attached hydrogen (secondary N) is 1. The van der Waals surface area contributed by atoms with E-state index < -0.39 is 0 Å². The number of nitrogens with zero attached hydrogens (tertiary/aromatic N) is 3. The zero-order chi connectivity index (χ0) is 18.3. The topological polar surface area (TPSA) is 53.3 Å². The van der Waals surface area contributed by atoms with Crippen molar-refractivity contribution in [3.63, 3.8) is 0 Å². The van der Waals surface area contributed by atoms with E-state index in [0.717, 1.165) is 47.0 Å². The standard InChI is InChI=1S/C21H24N4O/c1-4-24(5-2)15-10-11-17(20(26)13-15)21-22-18-9-7-6-8-16(18)19-12-14(3)23-25(19)21/h6-13,21-22,26H,4-5H2,1-3H3/t21-/m1/s1. The number of hydrogen-bond acceptors (Lipinski definition) is 4. The van der Waals surface area contributed by atoms with E-state index in [9.17, 15) is 5.11 Å². The molecule has 5 heteroatoms. The number of para-hydroxylation sites is 1. The summed E-state index contributed by atoms with van der Waals surface area (Å²) >= 11 is 0. The van der Waals surface area contributed by atoms with Crippen LogP contribution in [-0.4, -0.2) is 28.0 Å².